The van der Waals surface area contributed by atoms with Crippen LogP contribution in [-0.4, -0.2) is 34.6 Å². The minimum Gasteiger partial charge on any atom is -0.489 e. The predicted molar refractivity (Wildman–Crippen MR) is 117 cm³/mol. The van der Waals surface area contributed by atoms with Gasteiger partial charge in [-0.15, -0.1) is 0 Å². The Kier molecular flexibility index (Phi) is 6.15. The van der Waals surface area contributed by atoms with Crippen LogP contribution >= 0.6 is 11.6 Å². The molecule has 160 valence electrons. The minimum atomic E-state index is -0.438. The Labute approximate surface area is 185 Å². The number of halogens is 1. The van der Waals surface area contributed by atoms with E-state index < -0.39 is 5.41 Å². The van der Waals surface area contributed by atoms with Gasteiger partial charge in [0.05, 0.1) is 30.4 Å². The average Bonchev–Trinajstić information content (AvgIpc) is 3.52. The van der Waals surface area contributed by atoms with Gasteiger partial charge < -0.3 is 14.8 Å². The molecule has 2 atom stereocenters. The Bertz CT molecular complexity index is 1060. The van der Waals surface area contributed by atoms with E-state index in [-0.39, 0.29) is 11.8 Å². The van der Waals surface area contributed by atoms with Crippen LogP contribution in [0, 0.1) is 12.8 Å². The molecule has 2 aromatic heterocycles. The third kappa shape index (κ3) is 4.68. The van der Waals surface area contributed by atoms with Crippen LogP contribution in [-0.2, 0) is 21.6 Å². The molecule has 1 aliphatic carbocycles. The summed E-state index contributed by atoms with van der Waals surface area (Å²) < 4.78 is 11.4. The fraction of sp³-hybridized carbons (Fsp3) is 0.304. The van der Waals surface area contributed by atoms with Gasteiger partial charge in [0.25, 0.3) is 0 Å². The Morgan fingerprint density at radius 1 is 1.19 bits per heavy atom. The van der Waals surface area contributed by atoms with Crippen molar-refractivity contribution >= 4 is 23.3 Å². The summed E-state index contributed by atoms with van der Waals surface area (Å²) in [6.45, 7) is 2.47. The molecule has 0 aliphatic heterocycles. The first-order valence-electron chi connectivity index (χ1n) is 9.94. The summed E-state index contributed by atoms with van der Waals surface area (Å²) >= 11 is 5.88. The van der Waals surface area contributed by atoms with E-state index in [9.17, 15) is 4.79 Å². The third-order valence-electron chi connectivity index (χ3n) is 5.44. The molecule has 1 saturated carbocycles. The number of aromatic nitrogens is 3. The van der Waals surface area contributed by atoms with Crippen molar-refractivity contribution in [1.82, 2.24) is 15.0 Å². The van der Waals surface area contributed by atoms with E-state index in [0.717, 1.165) is 5.56 Å². The van der Waals surface area contributed by atoms with Gasteiger partial charge in [0, 0.05) is 18.7 Å². The lowest BCUT2D eigenvalue weighted by Gasteiger charge is -2.20. The van der Waals surface area contributed by atoms with Crippen LogP contribution in [0.5, 0.6) is 5.75 Å². The normalized spacial score (nSPS) is 19.6. The summed E-state index contributed by atoms with van der Waals surface area (Å²) in [5.74, 6) is 1.34. The van der Waals surface area contributed by atoms with E-state index in [1.54, 1.807) is 25.4 Å². The Balaban J connectivity index is 1.54. The number of nitrogens with one attached hydrogen (secondary N) is 1. The second kappa shape index (κ2) is 8.99. The van der Waals surface area contributed by atoms with Gasteiger partial charge in [-0.25, -0.2) is 15.0 Å². The zero-order chi connectivity index (χ0) is 21.8. The number of hydrogen-bond donors (Lipinski definition) is 1. The number of hydrogen-bond acceptors (Lipinski definition) is 6. The smallest absolute Gasteiger partial charge is 0.229 e. The predicted octanol–water partition coefficient (Wildman–Crippen LogP) is 3.96. The van der Waals surface area contributed by atoms with Crippen molar-refractivity contribution in [3.8, 4) is 5.75 Å². The molecule has 1 N–H and O–H groups in total. The summed E-state index contributed by atoms with van der Waals surface area (Å²) in [6, 6.07) is 13.3. The number of pyridine rings is 1. The fourth-order valence-corrected chi connectivity index (χ4v) is 3.83. The summed E-state index contributed by atoms with van der Waals surface area (Å²) in [4.78, 5) is 25.8. The number of carbonyl (C=O) groups excluding carboxylic acids is 1. The standard InChI is InChI=1S/C23H23ClN4O3/c1-15-25-12-20(19(27-15)13-30-2)31-14-23(16-6-4-3-5-7-16)10-18(23)22(29)28-21-9-8-17(24)11-26-21/h3-9,11-12,18H,10,13-14H2,1-2H3,(H,26,28,29)/t18?,23-/m1/s1. The number of nitrogens with zero attached hydrogens (tertiary/aromatic N) is 3. The first-order chi connectivity index (χ1) is 15.0. The molecular formula is C23H23ClN4O3. The molecule has 0 radical (unpaired) electrons. The van der Waals surface area contributed by atoms with Crippen molar-refractivity contribution in [1.29, 1.82) is 0 Å². The van der Waals surface area contributed by atoms with E-state index in [1.807, 2.05) is 37.3 Å². The maximum Gasteiger partial charge on any atom is 0.229 e. The summed E-state index contributed by atoms with van der Waals surface area (Å²) in [5, 5.41) is 3.40. The van der Waals surface area contributed by atoms with Gasteiger partial charge in [-0.1, -0.05) is 41.9 Å². The van der Waals surface area contributed by atoms with Crippen LogP contribution < -0.4 is 10.1 Å². The maximum atomic E-state index is 13.0. The molecule has 4 rings (SSSR count). The molecule has 2 heterocycles. The van der Waals surface area contributed by atoms with E-state index >= 15 is 0 Å². The molecule has 0 spiro atoms. The number of carbonyl (C=O) groups is 1. The van der Waals surface area contributed by atoms with Crippen LogP contribution in [0.3, 0.4) is 0 Å². The van der Waals surface area contributed by atoms with Crippen molar-refractivity contribution in [3.05, 3.63) is 77.0 Å². The zero-order valence-electron chi connectivity index (χ0n) is 17.3. The topological polar surface area (TPSA) is 86.2 Å². The van der Waals surface area contributed by atoms with E-state index in [2.05, 4.69) is 20.3 Å². The first kappa shape index (κ1) is 21.2. The molecular weight excluding hydrogens is 416 g/mol. The zero-order valence-corrected chi connectivity index (χ0v) is 18.1. The van der Waals surface area contributed by atoms with Crippen LogP contribution in [0.2, 0.25) is 5.02 Å². The van der Waals surface area contributed by atoms with Crippen molar-refractivity contribution in [2.24, 2.45) is 5.92 Å². The lowest BCUT2D eigenvalue weighted by atomic mass is 9.93. The van der Waals surface area contributed by atoms with Crippen LogP contribution in [0.1, 0.15) is 23.5 Å². The van der Waals surface area contributed by atoms with Gasteiger partial charge in [0.15, 0.2) is 5.75 Å². The summed E-state index contributed by atoms with van der Waals surface area (Å²) in [6.07, 6.45) is 3.83. The molecule has 1 aliphatic rings. The monoisotopic (exact) mass is 438 g/mol. The SMILES string of the molecule is COCc1nc(C)ncc1OC[C@@]1(c2ccccc2)CC1C(=O)Nc1ccc(Cl)cn1. The number of aryl methyl sites for hydroxylation is 1. The van der Waals surface area contributed by atoms with Gasteiger partial charge in [-0.05, 0) is 31.0 Å². The van der Waals surface area contributed by atoms with Crippen LogP contribution in [0.15, 0.2) is 54.9 Å². The number of amides is 1. The Morgan fingerprint density at radius 2 is 2.00 bits per heavy atom. The molecule has 0 bridgehead atoms. The molecule has 1 amide bonds. The number of methoxy groups -OCH3 is 1. The van der Waals surface area contributed by atoms with Gasteiger partial charge in [-0.2, -0.15) is 0 Å². The minimum absolute atomic E-state index is 0.0976. The molecule has 0 saturated heterocycles. The van der Waals surface area contributed by atoms with Gasteiger partial charge >= 0.3 is 0 Å². The van der Waals surface area contributed by atoms with Gasteiger partial charge in [0.1, 0.15) is 17.3 Å². The highest BCUT2D eigenvalue weighted by Crippen LogP contribution is 2.55. The highest BCUT2D eigenvalue weighted by Gasteiger charge is 2.60. The highest BCUT2D eigenvalue weighted by atomic mass is 35.5. The quantitative estimate of drug-likeness (QED) is 0.573. The van der Waals surface area contributed by atoms with Crippen molar-refractivity contribution in [3.63, 3.8) is 0 Å². The van der Waals surface area contributed by atoms with Crippen LogP contribution in [0.25, 0.3) is 0 Å². The Morgan fingerprint density at radius 3 is 2.71 bits per heavy atom. The lowest BCUT2D eigenvalue weighted by Crippen LogP contribution is -2.27. The first-order valence-corrected chi connectivity index (χ1v) is 10.3. The van der Waals surface area contributed by atoms with E-state index in [1.165, 1.54) is 6.20 Å². The van der Waals surface area contributed by atoms with Gasteiger partial charge in [-0.3, -0.25) is 4.79 Å². The van der Waals surface area contributed by atoms with Crippen LogP contribution in [0.4, 0.5) is 5.82 Å². The molecule has 8 heteroatoms. The average molecular weight is 439 g/mol. The summed E-state index contributed by atoms with van der Waals surface area (Å²) in [5.41, 5.74) is 1.30. The lowest BCUT2D eigenvalue weighted by molar-refractivity contribution is -0.117. The van der Waals surface area contributed by atoms with Crippen molar-refractivity contribution in [2.75, 3.05) is 19.0 Å². The number of anilines is 1. The van der Waals surface area contributed by atoms with E-state index in [0.29, 0.717) is 47.7 Å². The third-order valence-corrected chi connectivity index (χ3v) is 5.66. The highest BCUT2D eigenvalue weighted by molar-refractivity contribution is 6.30. The number of rotatable bonds is 8. The van der Waals surface area contributed by atoms with Crippen molar-refractivity contribution < 1.29 is 14.3 Å². The Hall–Kier alpha value is -3.03. The fourth-order valence-electron chi connectivity index (χ4n) is 3.72. The molecule has 3 aromatic rings. The second-order valence-corrected chi connectivity index (χ2v) is 8.02. The van der Waals surface area contributed by atoms with Gasteiger partial charge in [0.2, 0.25) is 5.91 Å². The molecule has 7 nitrogen and oxygen atoms in total. The molecule has 1 fully saturated rings. The largest absolute Gasteiger partial charge is 0.489 e. The molecule has 1 aromatic carbocycles. The summed E-state index contributed by atoms with van der Waals surface area (Å²) in [7, 11) is 1.61. The van der Waals surface area contributed by atoms with E-state index in [4.69, 9.17) is 21.1 Å². The number of ether oxygens (including phenoxy) is 2. The second-order valence-electron chi connectivity index (χ2n) is 7.58. The van der Waals surface area contributed by atoms with Crippen molar-refractivity contribution in [2.45, 2.75) is 25.4 Å². The maximum absolute atomic E-state index is 13.0. The molecule has 1 unspecified atom stereocenters. The number of benzene rings is 1. The molecule has 31 heavy (non-hydrogen) atoms.